The molecule has 3 N–H and O–H groups in total. The number of pyridine rings is 1. The molecular weight excluding hydrogens is 544 g/mol. The van der Waals surface area contributed by atoms with Crippen LogP contribution in [0.3, 0.4) is 0 Å². The summed E-state index contributed by atoms with van der Waals surface area (Å²) in [5, 5.41) is 19.7. The van der Waals surface area contributed by atoms with Crippen LogP contribution < -0.4 is 10.1 Å². The van der Waals surface area contributed by atoms with E-state index in [2.05, 4.69) is 28.4 Å². The highest BCUT2D eigenvalue weighted by Crippen LogP contribution is 2.34. The predicted molar refractivity (Wildman–Crippen MR) is 166 cm³/mol. The van der Waals surface area contributed by atoms with E-state index in [4.69, 9.17) is 24.6 Å². The SMILES string of the molecule is CO/C(Nc1cccc(-c2cccc(C)c2OCc2ccc3c(c2)CCN([C@H]2CC[C@H](OC)CC2)C3)n1)=C(/C=N)C(=O)O. The second kappa shape index (κ2) is 13.8. The Morgan fingerprint density at radius 1 is 1.09 bits per heavy atom. The molecule has 0 radical (unpaired) electrons. The summed E-state index contributed by atoms with van der Waals surface area (Å²) in [6.45, 7) is 4.54. The van der Waals surface area contributed by atoms with Crippen molar-refractivity contribution < 1.29 is 24.1 Å². The van der Waals surface area contributed by atoms with E-state index in [9.17, 15) is 9.90 Å². The summed E-state index contributed by atoms with van der Waals surface area (Å²) >= 11 is 0. The van der Waals surface area contributed by atoms with Gasteiger partial charge in [0.1, 0.15) is 23.7 Å². The number of carboxylic acid groups (broad SMARTS) is 1. The van der Waals surface area contributed by atoms with Gasteiger partial charge in [0, 0.05) is 38.0 Å². The first-order valence-electron chi connectivity index (χ1n) is 14.8. The number of ether oxygens (including phenoxy) is 3. The van der Waals surface area contributed by atoms with Crippen LogP contribution in [-0.2, 0) is 33.8 Å². The number of aliphatic carboxylic acids is 1. The van der Waals surface area contributed by atoms with Gasteiger partial charge in [-0.3, -0.25) is 4.90 Å². The largest absolute Gasteiger partial charge is 0.488 e. The number of nitrogens with one attached hydrogen (secondary N) is 2. The van der Waals surface area contributed by atoms with Crippen molar-refractivity contribution in [3.63, 3.8) is 0 Å². The lowest BCUT2D eigenvalue weighted by molar-refractivity contribution is -0.132. The zero-order valence-electron chi connectivity index (χ0n) is 25.1. The van der Waals surface area contributed by atoms with Crippen molar-refractivity contribution >= 4 is 18.0 Å². The van der Waals surface area contributed by atoms with Gasteiger partial charge in [-0.2, -0.15) is 0 Å². The molecule has 2 heterocycles. The highest BCUT2D eigenvalue weighted by atomic mass is 16.5. The van der Waals surface area contributed by atoms with Gasteiger partial charge in [-0.05, 0) is 79.5 Å². The number of methoxy groups -OCH3 is 2. The van der Waals surface area contributed by atoms with Gasteiger partial charge in [-0.25, -0.2) is 9.78 Å². The molecule has 9 nitrogen and oxygen atoms in total. The van der Waals surface area contributed by atoms with Gasteiger partial charge in [0.25, 0.3) is 0 Å². The van der Waals surface area contributed by atoms with E-state index >= 15 is 0 Å². The highest BCUT2D eigenvalue weighted by molar-refractivity contribution is 6.08. The van der Waals surface area contributed by atoms with Crippen molar-refractivity contribution in [2.75, 3.05) is 26.1 Å². The van der Waals surface area contributed by atoms with Crippen LogP contribution in [0.1, 0.15) is 47.9 Å². The number of benzene rings is 2. The second-order valence-electron chi connectivity index (χ2n) is 11.2. The van der Waals surface area contributed by atoms with E-state index in [0.717, 1.165) is 61.0 Å². The molecule has 1 aromatic heterocycles. The summed E-state index contributed by atoms with van der Waals surface area (Å²) in [4.78, 5) is 18.8. The van der Waals surface area contributed by atoms with Crippen LogP contribution in [0.5, 0.6) is 5.75 Å². The van der Waals surface area contributed by atoms with Crippen molar-refractivity contribution in [3.8, 4) is 17.0 Å². The van der Waals surface area contributed by atoms with Crippen molar-refractivity contribution in [2.24, 2.45) is 0 Å². The number of carboxylic acids is 1. The maximum Gasteiger partial charge on any atom is 0.342 e. The summed E-state index contributed by atoms with van der Waals surface area (Å²) < 4.78 is 17.2. The van der Waals surface area contributed by atoms with Crippen molar-refractivity contribution in [3.05, 3.63) is 88.3 Å². The third kappa shape index (κ3) is 7.06. The van der Waals surface area contributed by atoms with Gasteiger partial charge < -0.3 is 30.0 Å². The Kier molecular flexibility index (Phi) is 9.74. The summed E-state index contributed by atoms with van der Waals surface area (Å²) in [5.74, 6) is -0.204. The standard InChI is InChI=1S/C34H40N4O5/c1-22-6-4-7-28(30-8-5-9-31(36-30)37-33(42-3)29(19-35)34(39)40)32(22)43-21-23-10-11-25-20-38(17-16-24(25)18-23)26-12-14-27(41-2)15-13-26/h4-11,18-19,26-27,35H,12-17,20-21H2,1-3H3,(H,36,37)(H,39,40)/b33-29-,35-19?/t26-,27-. The molecule has 0 saturated heterocycles. The van der Waals surface area contributed by atoms with Crippen molar-refractivity contribution in [1.29, 1.82) is 5.41 Å². The van der Waals surface area contributed by atoms with E-state index in [-0.39, 0.29) is 11.5 Å². The molecule has 1 aliphatic heterocycles. The molecule has 1 fully saturated rings. The Balaban J connectivity index is 1.29. The van der Waals surface area contributed by atoms with Crippen LogP contribution in [-0.4, -0.2) is 60.1 Å². The number of aryl methyl sites for hydroxylation is 1. The first-order chi connectivity index (χ1) is 20.9. The average molecular weight is 585 g/mol. The summed E-state index contributed by atoms with van der Waals surface area (Å²) in [7, 11) is 3.17. The molecule has 9 heteroatoms. The van der Waals surface area contributed by atoms with Gasteiger partial charge >= 0.3 is 5.97 Å². The molecular formula is C34H40N4O5. The summed E-state index contributed by atoms with van der Waals surface area (Å²) in [5.41, 5.74) is 6.12. The smallest absolute Gasteiger partial charge is 0.342 e. The zero-order valence-corrected chi connectivity index (χ0v) is 25.1. The normalized spacial score (nSPS) is 19.1. The van der Waals surface area contributed by atoms with Crippen LogP contribution in [0.15, 0.2) is 66.1 Å². The molecule has 226 valence electrons. The Morgan fingerprint density at radius 2 is 1.88 bits per heavy atom. The Hall–Kier alpha value is -4.21. The van der Waals surface area contributed by atoms with Gasteiger partial charge in [0.15, 0.2) is 0 Å². The Bertz CT molecular complexity index is 1500. The van der Waals surface area contributed by atoms with E-state index < -0.39 is 5.97 Å². The first kappa shape index (κ1) is 30.3. The lowest BCUT2D eigenvalue weighted by atomic mass is 9.89. The predicted octanol–water partition coefficient (Wildman–Crippen LogP) is 5.96. The van der Waals surface area contributed by atoms with Gasteiger partial charge in [-0.1, -0.05) is 36.4 Å². The van der Waals surface area contributed by atoms with Gasteiger partial charge in [-0.15, -0.1) is 0 Å². The third-order valence-electron chi connectivity index (χ3n) is 8.49. The fourth-order valence-corrected chi connectivity index (χ4v) is 6.10. The molecule has 3 aromatic rings. The maximum absolute atomic E-state index is 11.5. The lowest BCUT2D eigenvalue weighted by Crippen LogP contribution is -2.42. The van der Waals surface area contributed by atoms with E-state index in [1.807, 2.05) is 44.4 Å². The number of hydrogen-bond acceptors (Lipinski definition) is 8. The summed E-state index contributed by atoms with van der Waals surface area (Å²) in [6, 6.07) is 18.7. The number of aromatic nitrogens is 1. The molecule has 0 amide bonds. The topological polar surface area (TPSA) is 117 Å². The Labute approximate surface area is 253 Å². The molecule has 2 aromatic carbocycles. The highest BCUT2D eigenvalue weighted by Gasteiger charge is 2.28. The zero-order chi connectivity index (χ0) is 30.3. The number of para-hydroxylation sites is 1. The molecule has 1 saturated carbocycles. The van der Waals surface area contributed by atoms with Crippen molar-refractivity contribution in [1.82, 2.24) is 9.88 Å². The quantitative estimate of drug-likeness (QED) is 0.144. The lowest BCUT2D eigenvalue weighted by Gasteiger charge is -2.39. The fraction of sp³-hybridized carbons (Fsp3) is 0.382. The summed E-state index contributed by atoms with van der Waals surface area (Å²) in [6.07, 6.45) is 6.93. The van der Waals surface area contributed by atoms with Gasteiger partial charge in [0.05, 0.1) is 18.9 Å². The number of anilines is 1. The average Bonchev–Trinajstić information content (AvgIpc) is 3.03. The van der Waals surface area contributed by atoms with E-state index in [1.54, 1.807) is 6.07 Å². The molecule has 2 aliphatic rings. The minimum Gasteiger partial charge on any atom is -0.488 e. The Morgan fingerprint density at radius 3 is 2.60 bits per heavy atom. The number of rotatable bonds is 11. The minimum absolute atomic E-state index is 0.0677. The van der Waals surface area contributed by atoms with Crippen molar-refractivity contribution in [2.45, 2.75) is 64.3 Å². The number of fused-ring (bicyclic) bond motifs is 1. The molecule has 0 atom stereocenters. The molecule has 43 heavy (non-hydrogen) atoms. The molecule has 5 rings (SSSR count). The molecule has 0 bridgehead atoms. The molecule has 0 spiro atoms. The van der Waals surface area contributed by atoms with Crippen LogP contribution in [0.25, 0.3) is 11.3 Å². The minimum atomic E-state index is -1.27. The second-order valence-corrected chi connectivity index (χ2v) is 11.2. The van der Waals surface area contributed by atoms with E-state index in [0.29, 0.717) is 30.3 Å². The first-order valence-corrected chi connectivity index (χ1v) is 14.8. The maximum atomic E-state index is 11.5. The van der Waals surface area contributed by atoms with Crippen LogP contribution in [0.4, 0.5) is 5.82 Å². The monoisotopic (exact) mass is 584 g/mol. The van der Waals surface area contributed by atoms with Gasteiger partial charge in [0.2, 0.25) is 5.88 Å². The van der Waals surface area contributed by atoms with Crippen LogP contribution in [0, 0.1) is 12.3 Å². The van der Waals surface area contributed by atoms with E-state index in [1.165, 1.54) is 31.1 Å². The molecule has 1 aliphatic carbocycles. The number of hydrogen-bond donors (Lipinski definition) is 3. The number of carbonyl (C=O) groups is 1. The fourth-order valence-electron chi connectivity index (χ4n) is 6.10. The van der Waals surface area contributed by atoms with Crippen LogP contribution in [0.2, 0.25) is 0 Å². The third-order valence-corrected chi connectivity index (χ3v) is 8.49. The van der Waals surface area contributed by atoms with Crippen LogP contribution >= 0.6 is 0 Å². The molecule has 0 unspecified atom stereocenters. The number of nitrogens with zero attached hydrogens (tertiary/aromatic N) is 2.